The molecule has 5 fully saturated rings. The lowest BCUT2D eigenvalue weighted by atomic mass is 9.49. The minimum Gasteiger partial charge on any atom is -0.342 e. The average Bonchev–Trinajstić information content (AvgIpc) is 2.46. The van der Waals surface area contributed by atoms with E-state index in [0.29, 0.717) is 5.91 Å². The second kappa shape index (κ2) is 6.32. The lowest BCUT2D eigenvalue weighted by molar-refractivity contribution is -0.159. The lowest BCUT2D eigenvalue weighted by Gasteiger charge is -2.57. The van der Waals surface area contributed by atoms with Gasteiger partial charge in [0.2, 0.25) is 5.91 Å². The van der Waals surface area contributed by atoms with Crippen LogP contribution in [0.1, 0.15) is 51.4 Å². The Kier molecular flexibility index (Phi) is 4.76. The van der Waals surface area contributed by atoms with Crippen molar-refractivity contribution < 1.29 is 4.79 Å². The number of amides is 1. The summed E-state index contributed by atoms with van der Waals surface area (Å²) in [6.07, 6.45) is 10.3. The highest BCUT2D eigenvalue weighted by molar-refractivity contribution is 5.85. The van der Waals surface area contributed by atoms with Crippen molar-refractivity contribution in [3.63, 3.8) is 0 Å². The minimum absolute atomic E-state index is 0. The van der Waals surface area contributed by atoms with Gasteiger partial charge in [0.25, 0.3) is 0 Å². The molecule has 1 aliphatic heterocycles. The summed E-state index contributed by atoms with van der Waals surface area (Å²) in [4.78, 5) is 15.5. The summed E-state index contributed by atoms with van der Waals surface area (Å²) in [7, 11) is 2.03. The summed E-state index contributed by atoms with van der Waals surface area (Å²) in [5, 5.41) is 3.29. The highest BCUT2D eigenvalue weighted by Gasteiger charge is 2.55. The maximum absolute atomic E-state index is 13.2. The third kappa shape index (κ3) is 2.80. The number of nitrogens with zero attached hydrogens (tertiary/aromatic N) is 1. The summed E-state index contributed by atoms with van der Waals surface area (Å²) in [5.41, 5.74) is 0.0740. The molecule has 0 radical (unpaired) electrons. The second-order valence-corrected chi connectivity index (χ2v) is 8.49. The Balaban J connectivity index is 0.00000144. The molecule has 0 atom stereocenters. The first-order chi connectivity index (χ1) is 10.2. The molecule has 4 aliphatic carbocycles. The van der Waals surface area contributed by atoms with E-state index in [-0.39, 0.29) is 17.8 Å². The van der Waals surface area contributed by atoms with Crippen molar-refractivity contribution in [2.45, 2.75) is 51.4 Å². The maximum Gasteiger partial charge on any atom is 0.228 e. The Labute approximate surface area is 141 Å². The first-order valence-electron chi connectivity index (χ1n) is 9.12. The fourth-order valence-corrected chi connectivity index (χ4v) is 6.34. The zero-order valence-corrected chi connectivity index (χ0v) is 14.7. The van der Waals surface area contributed by atoms with Gasteiger partial charge in [-0.15, -0.1) is 12.4 Å². The molecule has 5 rings (SSSR count). The summed E-state index contributed by atoms with van der Waals surface area (Å²) in [6, 6.07) is 0. The third-order valence-corrected chi connectivity index (χ3v) is 6.89. The van der Waals surface area contributed by atoms with Crippen molar-refractivity contribution in [3.05, 3.63) is 0 Å². The fourth-order valence-electron chi connectivity index (χ4n) is 6.34. The molecule has 1 saturated heterocycles. The molecule has 22 heavy (non-hydrogen) atoms. The van der Waals surface area contributed by atoms with E-state index in [4.69, 9.17) is 0 Å². The maximum atomic E-state index is 13.2. The largest absolute Gasteiger partial charge is 0.342 e. The Morgan fingerprint density at radius 1 is 1.05 bits per heavy atom. The van der Waals surface area contributed by atoms with Crippen LogP contribution in [0.4, 0.5) is 0 Å². The number of nitrogens with one attached hydrogen (secondary N) is 1. The predicted octanol–water partition coefficient (Wildman–Crippen LogP) is 3.08. The number of carbonyl (C=O) groups is 1. The zero-order valence-electron chi connectivity index (χ0n) is 13.9. The van der Waals surface area contributed by atoms with Crippen LogP contribution >= 0.6 is 12.4 Å². The monoisotopic (exact) mass is 326 g/mol. The molecule has 0 aromatic heterocycles. The highest BCUT2D eigenvalue weighted by Crippen LogP contribution is 2.60. The number of piperidine rings is 1. The molecule has 1 heterocycles. The van der Waals surface area contributed by atoms with Crippen molar-refractivity contribution in [3.8, 4) is 0 Å². The number of carbonyl (C=O) groups excluding carboxylic acids is 1. The molecule has 4 bridgehead atoms. The molecule has 1 N–H and O–H groups in total. The van der Waals surface area contributed by atoms with Crippen LogP contribution in [0.25, 0.3) is 0 Å². The van der Waals surface area contributed by atoms with Gasteiger partial charge in [0.1, 0.15) is 0 Å². The zero-order chi connectivity index (χ0) is 14.4. The smallest absolute Gasteiger partial charge is 0.228 e. The Bertz CT molecular complexity index is 382. The number of likely N-dealkylation sites (tertiary alicyclic amines) is 1. The van der Waals surface area contributed by atoms with Gasteiger partial charge in [-0.3, -0.25) is 4.79 Å². The van der Waals surface area contributed by atoms with Gasteiger partial charge in [0, 0.05) is 13.1 Å². The van der Waals surface area contributed by atoms with Crippen LogP contribution in [0.3, 0.4) is 0 Å². The van der Waals surface area contributed by atoms with Crippen LogP contribution in [0.15, 0.2) is 0 Å². The molecular formula is C18H31ClN2O. The molecule has 5 aliphatic rings. The Morgan fingerprint density at radius 2 is 1.55 bits per heavy atom. The number of hydrogen-bond acceptors (Lipinski definition) is 2. The Morgan fingerprint density at radius 3 is 2.00 bits per heavy atom. The molecule has 0 unspecified atom stereocenters. The van der Waals surface area contributed by atoms with Gasteiger partial charge in [0.15, 0.2) is 0 Å². The summed E-state index contributed by atoms with van der Waals surface area (Å²) in [6.45, 7) is 3.12. The van der Waals surface area contributed by atoms with Gasteiger partial charge in [-0.1, -0.05) is 0 Å². The van der Waals surface area contributed by atoms with E-state index < -0.39 is 0 Å². The van der Waals surface area contributed by atoms with Crippen LogP contribution in [-0.4, -0.2) is 37.5 Å². The average molecular weight is 327 g/mol. The van der Waals surface area contributed by atoms with Gasteiger partial charge < -0.3 is 10.2 Å². The van der Waals surface area contributed by atoms with Crippen molar-refractivity contribution in [1.82, 2.24) is 10.2 Å². The van der Waals surface area contributed by atoms with Crippen LogP contribution in [0, 0.1) is 29.1 Å². The normalized spacial score (nSPS) is 40.6. The third-order valence-electron chi connectivity index (χ3n) is 6.89. The van der Waals surface area contributed by atoms with Crippen LogP contribution < -0.4 is 5.32 Å². The minimum atomic E-state index is 0. The highest BCUT2D eigenvalue weighted by atomic mass is 35.5. The van der Waals surface area contributed by atoms with Crippen LogP contribution in [0.2, 0.25) is 0 Å². The van der Waals surface area contributed by atoms with Gasteiger partial charge in [-0.2, -0.15) is 0 Å². The molecule has 0 spiro atoms. The van der Waals surface area contributed by atoms with Gasteiger partial charge >= 0.3 is 0 Å². The predicted molar refractivity (Wildman–Crippen MR) is 91.1 cm³/mol. The molecular weight excluding hydrogens is 296 g/mol. The summed E-state index contributed by atoms with van der Waals surface area (Å²) < 4.78 is 0. The molecule has 0 aromatic rings. The van der Waals surface area contributed by atoms with E-state index in [9.17, 15) is 4.79 Å². The number of hydrogen-bond donors (Lipinski definition) is 1. The van der Waals surface area contributed by atoms with E-state index in [1.165, 1.54) is 51.4 Å². The van der Waals surface area contributed by atoms with Gasteiger partial charge in [0.05, 0.1) is 5.41 Å². The SMILES string of the molecule is CNCC1CCN(C(=O)C23CC4CC(CC(C4)C2)C3)CC1.Cl. The summed E-state index contributed by atoms with van der Waals surface area (Å²) >= 11 is 0. The van der Waals surface area contributed by atoms with Crippen molar-refractivity contribution >= 4 is 18.3 Å². The number of rotatable bonds is 3. The van der Waals surface area contributed by atoms with E-state index >= 15 is 0 Å². The molecule has 4 saturated carbocycles. The first-order valence-corrected chi connectivity index (χ1v) is 9.12. The Hall–Kier alpha value is -0.280. The van der Waals surface area contributed by atoms with E-state index in [2.05, 4.69) is 10.2 Å². The molecule has 4 heteroatoms. The molecule has 0 aromatic carbocycles. The van der Waals surface area contributed by atoms with Crippen molar-refractivity contribution in [2.24, 2.45) is 29.1 Å². The fraction of sp³-hybridized carbons (Fsp3) is 0.944. The second-order valence-electron chi connectivity index (χ2n) is 8.49. The summed E-state index contributed by atoms with van der Waals surface area (Å²) in [5.74, 6) is 3.95. The molecule has 1 amide bonds. The van der Waals surface area contributed by atoms with Crippen molar-refractivity contribution in [1.29, 1.82) is 0 Å². The van der Waals surface area contributed by atoms with Crippen molar-refractivity contribution in [2.75, 3.05) is 26.7 Å². The van der Waals surface area contributed by atoms with E-state index in [1.807, 2.05) is 7.05 Å². The van der Waals surface area contributed by atoms with Gasteiger partial charge in [-0.05, 0) is 88.6 Å². The lowest BCUT2D eigenvalue weighted by Crippen LogP contribution is -2.55. The van der Waals surface area contributed by atoms with Crippen LogP contribution in [-0.2, 0) is 4.79 Å². The quantitative estimate of drug-likeness (QED) is 0.864. The first kappa shape index (κ1) is 16.6. The number of halogens is 1. The van der Waals surface area contributed by atoms with Gasteiger partial charge in [-0.25, -0.2) is 0 Å². The topological polar surface area (TPSA) is 32.3 Å². The molecule has 126 valence electrons. The van der Waals surface area contributed by atoms with E-state index in [0.717, 1.165) is 43.3 Å². The standard InChI is InChI=1S/C18H30N2O.ClH/c1-19-12-13-2-4-20(5-3-13)17(21)18-9-14-6-15(10-18)8-16(7-14)11-18;/h13-16,19H,2-12H2,1H3;1H. The molecule has 3 nitrogen and oxygen atoms in total. The van der Waals surface area contributed by atoms with Crippen LogP contribution in [0.5, 0.6) is 0 Å². The van der Waals surface area contributed by atoms with E-state index in [1.54, 1.807) is 0 Å².